The average molecular weight is 289 g/mol. The molecule has 0 unspecified atom stereocenters. The number of nitrogens with one attached hydrogen (secondary N) is 1. The monoisotopic (exact) mass is 289 g/mol. The molecule has 1 saturated heterocycles. The predicted molar refractivity (Wildman–Crippen MR) is 78.3 cm³/mol. The molecule has 0 spiro atoms. The maximum absolute atomic E-state index is 11.3. The lowest BCUT2D eigenvalue weighted by Crippen LogP contribution is -2.34. The SMILES string of the molecule is COC(=O)Cn1ncc2cc(OC3CCNCC3)ccc21. The number of nitrogens with zero attached hydrogens (tertiary/aromatic N) is 2. The minimum atomic E-state index is -0.310. The highest BCUT2D eigenvalue weighted by Gasteiger charge is 2.15. The molecule has 0 atom stereocenters. The van der Waals surface area contributed by atoms with Gasteiger partial charge in [0.2, 0.25) is 0 Å². The highest BCUT2D eigenvalue weighted by molar-refractivity contribution is 5.81. The summed E-state index contributed by atoms with van der Waals surface area (Å²) in [6, 6.07) is 5.83. The normalized spacial score (nSPS) is 16.0. The van der Waals surface area contributed by atoms with E-state index in [0.29, 0.717) is 0 Å². The molecule has 6 nitrogen and oxygen atoms in total. The number of ether oxygens (including phenoxy) is 2. The number of benzene rings is 1. The Labute approximate surface area is 123 Å². The molecule has 1 N–H and O–H groups in total. The molecule has 1 aromatic carbocycles. The molecule has 1 aromatic heterocycles. The van der Waals surface area contributed by atoms with Crippen molar-refractivity contribution in [3.8, 4) is 5.75 Å². The number of piperidine rings is 1. The van der Waals surface area contributed by atoms with Crippen molar-refractivity contribution >= 4 is 16.9 Å². The molecule has 112 valence electrons. The first-order valence-electron chi connectivity index (χ1n) is 7.16. The van der Waals surface area contributed by atoms with Gasteiger partial charge in [0, 0.05) is 5.39 Å². The molecule has 0 saturated carbocycles. The lowest BCUT2D eigenvalue weighted by Gasteiger charge is -2.23. The van der Waals surface area contributed by atoms with Gasteiger partial charge in [0.05, 0.1) is 18.8 Å². The van der Waals surface area contributed by atoms with Gasteiger partial charge in [-0.1, -0.05) is 0 Å². The fourth-order valence-corrected chi connectivity index (χ4v) is 2.56. The van der Waals surface area contributed by atoms with Crippen molar-refractivity contribution in [2.24, 2.45) is 0 Å². The molecule has 2 aromatic rings. The van der Waals surface area contributed by atoms with Crippen molar-refractivity contribution < 1.29 is 14.3 Å². The number of hydrogen-bond acceptors (Lipinski definition) is 5. The first-order chi connectivity index (χ1) is 10.3. The van der Waals surface area contributed by atoms with Crippen molar-refractivity contribution in [3.05, 3.63) is 24.4 Å². The fraction of sp³-hybridized carbons (Fsp3) is 0.467. The van der Waals surface area contributed by atoms with Gasteiger partial charge < -0.3 is 14.8 Å². The highest BCUT2D eigenvalue weighted by atomic mass is 16.5. The highest BCUT2D eigenvalue weighted by Crippen LogP contribution is 2.23. The van der Waals surface area contributed by atoms with Crippen molar-refractivity contribution in [3.63, 3.8) is 0 Å². The Morgan fingerprint density at radius 1 is 1.43 bits per heavy atom. The van der Waals surface area contributed by atoms with Gasteiger partial charge in [0.15, 0.2) is 0 Å². The quantitative estimate of drug-likeness (QED) is 0.860. The van der Waals surface area contributed by atoms with Gasteiger partial charge in [0.25, 0.3) is 0 Å². The second-order valence-corrected chi connectivity index (χ2v) is 5.17. The fourth-order valence-electron chi connectivity index (χ4n) is 2.56. The standard InChI is InChI=1S/C15H19N3O3/c1-20-15(19)10-18-14-3-2-13(8-11(14)9-17-18)21-12-4-6-16-7-5-12/h2-3,8-9,12,16H,4-7,10H2,1H3. The molecule has 1 aliphatic heterocycles. The van der Waals surface area contributed by atoms with Crippen LogP contribution in [0.15, 0.2) is 24.4 Å². The molecule has 6 heteroatoms. The number of rotatable bonds is 4. The second kappa shape index (κ2) is 6.13. The van der Waals surface area contributed by atoms with E-state index < -0.39 is 0 Å². The molecule has 1 aliphatic rings. The van der Waals surface area contributed by atoms with Crippen molar-refractivity contribution in [2.45, 2.75) is 25.5 Å². The van der Waals surface area contributed by atoms with Crippen LogP contribution < -0.4 is 10.1 Å². The summed E-state index contributed by atoms with van der Waals surface area (Å²) in [5.41, 5.74) is 0.901. The topological polar surface area (TPSA) is 65.4 Å². The summed E-state index contributed by atoms with van der Waals surface area (Å²) in [5.74, 6) is 0.544. The van der Waals surface area contributed by atoms with Crippen LogP contribution in [0.4, 0.5) is 0 Å². The Balaban J connectivity index is 1.76. The largest absolute Gasteiger partial charge is 0.490 e. The lowest BCUT2D eigenvalue weighted by atomic mass is 10.1. The Morgan fingerprint density at radius 3 is 3.00 bits per heavy atom. The number of hydrogen-bond donors (Lipinski definition) is 1. The Morgan fingerprint density at radius 2 is 2.24 bits per heavy atom. The zero-order chi connectivity index (χ0) is 14.7. The number of fused-ring (bicyclic) bond motifs is 1. The molecule has 0 bridgehead atoms. The van der Waals surface area contributed by atoms with Crippen molar-refractivity contribution in [1.29, 1.82) is 0 Å². The van der Waals surface area contributed by atoms with Gasteiger partial charge in [-0.2, -0.15) is 5.10 Å². The van der Waals surface area contributed by atoms with Crippen LogP contribution in [0, 0.1) is 0 Å². The van der Waals surface area contributed by atoms with Crippen LogP contribution in [0.2, 0.25) is 0 Å². The van der Waals surface area contributed by atoms with E-state index in [-0.39, 0.29) is 18.6 Å². The van der Waals surface area contributed by atoms with Gasteiger partial charge in [-0.15, -0.1) is 0 Å². The Kier molecular flexibility index (Phi) is 4.06. The molecular formula is C15H19N3O3. The first-order valence-corrected chi connectivity index (χ1v) is 7.16. The van der Waals surface area contributed by atoms with E-state index in [1.165, 1.54) is 7.11 Å². The average Bonchev–Trinajstić information content (AvgIpc) is 2.90. The lowest BCUT2D eigenvalue weighted by molar-refractivity contribution is -0.141. The summed E-state index contributed by atoms with van der Waals surface area (Å²) in [7, 11) is 1.37. The molecule has 0 amide bonds. The van der Waals surface area contributed by atoms with Gasteiger partial charge in [-0.05, 0) is 44.1 Å². The van der Waals surface area contributed by atoms with Crippen LogP contribution in [0.1, 0.15) is 12.8 Å². The Hall–Kier alpha value is -2.08. The van der Waals surface area contributed by atoms with Gasteiger partial charge in [0.1, 0.15) is 18.4 Å². The summed E-state index contributed by atoms with van der Waals surface area (Å²) in [6.45, 7) is 2.13. The van der Waals surface area contributed by atoms with E-state index >= 15 is 0 Å². The smallest absolute Gasteiger partial charge is 0.327 e. The molecular weight excluding hydrogens is 270 g/mol. The number of carbonyl (C=O) groups is 1. The zero-order valence-electron chi connectivity index (χ0n) is 12.0. The van der Waals surface area contributed by atoms with E-state index in [4.69, 9.17) is 4.74 Å². The number of methoxy groups -OCH3 is 1. The minimum Gasteiger partial charge on any atom is -0.490 e. The molecule has 0 aliphatic carbocycles. The van der Waals surface area contributed by atoms with E-state index in [1.807, 2.05) is 18.2 Å². The van der Waals surface area contributed by atoms with E-state index in [0.717, 1.165) is 42.6 Å². The third kappa shape index (κ3) is 3.16. The van der Waals surface area contributed by atoms with Crippen molar-refractivity contribution in [2.75, 3.05) is 20.2 Å². The number of carbonyl (C=O) groups excluding carboxylic acids is 1. The molecule has 3 rings (SSSR count). The minimum absolute atomic E-state index is 0.120. The van der Waals surface area contributed by atoms with Gasteiger partial charge in [-0.25, -0.2) is 0 Å². The summed E-state index contributed by atoms with van der Waals surface area (Å²) in [6.07, 6.45) is 4.07. The third-order valence-corrected chi connectivity index (χ3v) is 3.71. The Bertz CT molecular complexity index is 632. The van der Waals surface area contributed by atoms with Crippen LogP contribution in [-0.4, -0.2) is 42.1 Å². The van der Waals surface area contributed by atoms with Crippen LogP contribution in [0.5, 0.6) is 5.75 Å². The molecule has 1 fully saturated rings. The second-order valence-electron chi connectivity index (χ2n) is 5.17. The molecule has 2 heterocycles. The van der Waals surface area contributed by atoms with Gasteiger partial charge in [-0.3, -0.25) is 9.48 Å². The van der Waals surface area contributed by atoms with E-state index in [2.05, 4.69) is 15.2 Å². The zero-order valence-corrected chi connectivity index (χ0v) is 12.0. The maximum atomic E-state index is 11.3. The predicted octanol–water partition coefficient (Wildman–Crippen LogP) is 1.34. The molecule has 21 heavy (non-hydrogen) atoms. The first kappa shape index (κ1) is 13.9. The summed E-state index contributed by atoms with van der Waals surface area (Å²) in [4.78, 5) is 11.3. The number of esters is 1. The summed E-state index contributed by atoms with van der Waals surface area (Å²) in [5, 5.41) is 8.50. The maximum Gasteiger partial charge on any atom is 0.327 e. The number of aromatic nitrogens is 2. The van der Waals surface area contributed by atoms with E-state index in [1.54, 1.807) is 10.9 Å². The van der Waals surface area contributed by atoms with E-state index in [9.17, 15) is 4.79 Å². The van der Waals surface area contributed by atoms with Crippen LogP contribution in [0.25, 0.3) is 10.9 Å². The molecule has 0 radical (unpaired) electrons. The van der Waals surface area contributed by atoms with Gasteiger partial charge >= 0.3 is 5.97 Å². The summed E-state index contributed by atoms with van der Waals surface area (Å²) < 4.78 is 12.3. The summed E-state index contributed by atoms with van der Waals surface area (Å²) >= 11 is 0. The van der Waals surface area contributed by atoms with Crippen LogP contribution in [0.3, 0.4) is 0 Å². The third-order valence-electron chi connectivity index (χ3n) is 3.71. The van der Waals surface area contributed by atoms with Crippen molar-refractivity contribution in [1.82, 2.24) is 15.1 Å². The van der Waals surface area contributed by atoms with Crippen LogP contribution >= 0.6 is 0 Å². The van der Waals surface area contributed by atoms with Crippen LogP contribution in [-0.2, 0) is 16.1 Å².